The van der Waals surface area contributed by atoms with E-state index in [-0.39, 0.29) is 4.90 Å². The van der Waals surface area contributed by atoms with E-state index in [0.29, 0.717) is 18.7 Å². The van der Waals surface area contributed by atoms with Crippen molar-refractivity contribution in [1.82, 2.24) is 14.1 Å². The van der Waals surface area contributed by atoms with Gasteiger partial charge in [0.1, 0.15) is 6.07 Å². The summed E-state index contributed by atoms with van der Waals surface area (Å²) in [7, 11) is 0.521. The van der Waals surface area contributed by atoms with Crippen molar-refractivity contribution in [1.29, 1.82) is 5.26 Å². The first kappa shape index (κ1) is 18.1. The number of hydrogen-bond donors (Lipinski definition) is 0. The molecular weight excluding hydrogens is 338 g/mol. The van der Waals surface area contributed by atoms with Crippen LogP contribution < -0.4 is 4.90 Å². The fourth-order valence-corrected chi connectivity index (χ4v) is 4.71. The van der Waals surface area contributed by atoms with Crippen molar-refractivity contribution in [2.45, 2.75) is 4.90 Å². The third-order valence-electron chi connectivity index (χ3n) is 5.03. The average molecular weight is 363 g/mol. The molecule has 0 saturated carbocycles. The first-order valence-electron chi connectivity index (χ1n) is 8.58. The molecule has 3 rings (SSSR count). The van der Waals surface area contributed by atoms with E-state index in [1.54, 1.807) is 12.1 Å². The van der Waals surface area contributed by atoms with E-state index in [0.717, 1.165) is 45.0 Å². The van der Waals surface area contributed by atoms with E-state index in [1.165, 1.54) is 10.4 Å². The number of anilines is 1. The number of nitriles is 1. The van der Waals surface area contributed by atoms with E-state index < -0.39 is 10.0 Å². The Balaban J connectivity index is 1.85. The Bertz CT molecular complexity index is 758. The molecule has 0 atom stereocenters. The fraction of sp³-hybridized carbons (Fsp3) is 0.588. The highest BCUT2D eigenvalue weighted by atomic mass is 32.2. The van der Waals surface area contributed by atoms with Crippen LogP contribution in [0.15, 0.2) is 23.1 Å². The van der Waals surface area contributed by atoms with E-state index in [1.807, 2.05) is 7.05 Å². The normalized spacial score (nSPS) is 21.2. The van der Waals surface area contributed by atoms with Crippen molar-refractivity contribution in [3.05, 3.63) is 23.8 Å². The van der Waals surface area contributed by atoms with Crippen LogP contribution in [0, 0.1) is 11.3 Å². The van der Waals surface area contributed by atoms with Gasteiger partial charge in [-0.05, 0) is 32.3 Å². The van der Waals surface area contributed by atoms with Crippen molar-refractivity contribution in [2.75, 3.05) is 71.4 Å². The van der Waals surface area contributed by atoms with E-state index in [9.17, 15) is 13.7 Å². The van der Waals surface area contributed by atoms with Crippen LogP contribution in [0.5, 0.6) is 0 Å². The van der Waals surface area contributed by atoms with Gasteiger partial charge in [-0.3, -0.25) is 0 Å². The van der Waals surface area contributed by atoms with Crippen LogP contribution in [-0.4, -0.2) is 89.0 Å². The lowest BCUT2D eigenvalue weighted by atomic mass is 10.1. The molecule has 0 N–H and O–H groups in total. The molecule has 25 heavy (non-hydrogen) atoms. The van der Waals surface area contributed by atoms with Crippen LogP contribution in [-0.2, 0) is 10.0 Å². The Morgan fingerprint density at radius 1 is 0.920 bits per heavy atom. The summed E-state index contributed by atoms with van der Waals surface area (Å²) in [4.78, 5) is 6.73. The molecule has 0 aliphatic carbocycles. The molecule has 136 valence electrons. The highest BCUT2D eigenvalue weighted by molar-refractivity contribution is 7.89. The zero-order valence-electron chi connectivity index (χ0n) is 14.8. The highest BCUT2D eigenvalue weighted by Gasteiger charge is 2.28. The Hall–Kier alpha value is -1.66. The molecule has 0 unspecified atom stereocenters. The van der Waals surface area contributed by atoms with Crippen LogP contribution in [0.3, 0.4) is 0 Å². The van der Waals surface area contributed by atoms with E-state index in [2.05, 4.69) is 27.8 Å². The minimum atomic E-state index is -3.55. The molecule has 1 aromatic rings. The molecule has 7 nitrogen and oxygen atoms in total. The van der Waals surface area contributed by atoms with Crippen molar-refractivity contribution in [3.8, 4) is 6.07 Å². The molecule has 0 radical (unpaired) electrons. The van der Waals surface area contributed by atoms with Crippen LogP contribution in [0.4, 0.5) is 5.69 Å². The fourth-order valence-electron chi connectivity index (χ4n) is 3.27. The van der Waals surface area contributed by atoms with Gasteiger partial charge in [0.25, 0.3) is 0 Å². The van der Waals surface area contributed by atoms with Crippen molar-refractivity contribution < 1.29 is 8.42 Å². The molecule has 2 aliphatic rings. The molecular formula is C17H25N5O2S. The second-order valence-electron chi connectivity index (χ2n) is 6.79. The van der Waals surface area contributed by atoms with Gasteiger partial charge in [-0.2, -0.15) is 9.57 Å². The predicted octanol–water partition coefficient (Wildman–Crippen LogP) is 0.246. The standard InChI is InChI=1S/C17H25N5O2S/c1-19-5-9-21(10-6-19)17-4-3-16(13-15(17)14-18)25(23,24)22-11-7-20(2)8-12-22/h3-4,13H,5-12H2,1-2H3. The maximum Gasteiger partial charge on any atom is 0.243 e. The Morgan fingerprint density at radius 3 is 2.04 bits per heavy atom. The number of benzene rings is 1. The summed E-state index contributed by atoms with van der Waals surface area (Å²) in [6, 6.07) is 7.13. The first-order chi connectivity index (χ1) is 11.9. The number of sulfonamides is 1. The monoisotopic (exact) mass is 363 g/mol. The first-order valence-corrected chi connectivity index (χ1v) is 10.0. The van der Waals surface area contributed by atoms with Gasteiger partial charge < -0.3 is 14.7 Å². The average Bonchev–Trinajstić information content (AvgIpc) is 2.62. The quantitative estimate of drug-likeness (QED) is 0.767. The van der Waals surface area contributed by atoms with Crippen LogP contribution in [0.1, 0.15) is 5.56 Å². The van der Waals surface area contributed by atoms with Crippen LogP contribution in [0.2, 0.25) is 0 Å². The molecule has 2 aliphatic heterocycles. The number of piperazine rings is 2. The molecule has 2 fully saturated rings. The number of hydrogen-bond acceptors (Lipinski definition) is 6. The number of nitrogens with zero attached hydrogens (tertiary/aromatic N) is 5. The third kappa shape index (κ3) is 3.80. The van der Waals surface area contributed by atoms with Crippen LogP contribution in [0.25, 0.3) is 0 Å². The highest BCUT2D eigenvalue weighted by Crippen LogP contribution is 2.26. The number of likely N-dealkylation sites (N-methyl/N-ethyl adjacent to an activating group) is 2. The van der Waals surface area contributed by atoms with Gasteiger partial charge in [0.05, 0.1) is 16.1 Å². The molecule has 2 heterocycles. The zero-order valence-corrected chi connectivity index (χ0v) is 15.7. The molecule has 0 spiro atoms. The van der Waals surface area contributed by atoms with Crippen molar-refractivity contribution in [2.24, 2.45) is 0 Å². The summed E-state index contributed by atoms with van der Waals surface area (Å²) >= 11 is 0. The lowest BCUT2D eigenvalue weighted by molar-refractivity contribution is 0.222. The van der Waals surface area contributed by atoms with Gasteiger partial charge in [-0.25, -0.2) is 8.42 Å². The molecule has 8 heteroatoms. The smallest absolute Gasteiger partial charge is 0.243 e. The summed E-state index contributed by atoms with van der Waals surface area (Å²) in [5.41, 5.74) is 1.26. The zero-order chi connectivity index (χ0) is 18.0. The topological polar surface area (TPSA) is 70.9 Å². The summed E-state index contributed by atoms with van der Waals surface area (Å²) in [6.45, 7) is 5.99. The van der Waals surface area contributed by atoms with Gasteiger partial charge in [0.2, 0.25) is 10.0 Å². The SMILES string of the molecule is CN1CCN(c2ccc(S(=O)(=O)N3CCN(C)CC3)cc2C#N)CC1. The van der Waals surface area contributed by atoms with Gasteiger partial charge >= 0.3 is 0 Å². The van der Waals surface area contributed by atoms with Gasteiger partial charge in [-0.15, -0.1) is 0 Å². The summed E-state index contributed by atoms with van der Waals surface area (Å²) < 4.78 is 27.3. The Morgan fingerprint density at radius 2 is 1.48 bits per heavy atom. The minimum absolute atomic E-state index is 0.214. The second-order valence-corrected chi connectivity index (χ2v) is 8.73. The van der Waals surface area contributed by atoms with Gasteiger partial charge in [-0.1, -0.05) is 0 Å². The predicted molar refractivity (Wildman–Crippen MR) is 97.1 cm³/mol. The summed E-state index contributed by atoms with van der Waals surface area (Å²) in [5, 5.41) is 9.53. The molecule has 0 bridgehead atoms. The summed E-state index contributed by atoms with van der Waals surface area (Å²) in [5.74, 6) is 0. The lowest BCUT2D eigenvalue weighted by Gasteiger charge is -2.35. The number of rotatable bonds is 3. The maximum atomic E-state index is 12.9. The lowest BCUT2D eigenvalue weighted by Crippen LogP contribution is -2.47. The largest absolute Gasteiger partial charge is 0.368 e. The molecule has 2 saturated heterocycles. The van der Waals surface area contributed by atoms with E-state index >= 15 is 0 Å². The minimum Gasteiger partial charge on any atom is -0.368 e. The molecule has 0 amide bonds. The Kier molecular flexibility index (Phi) is 5.29. The maximum absolute atomic E-state index is 12.9. The van der Waals surface area contributed by atoms with Crippen LogP contribution >= 0.6 is 0 Å². The molecule has 1 aromatic carbocycles. The molecule has 0 aromatic heterocycles. The van der Waals surface area contributed by atoms with E-state index in [4.69, 9.17) is 0 Å². The second kappa shape index (κ2) is 7.30. The van der Waals surface area contributed by atoms with Crippen molar-refractivity contribution >= 4 is 15.7 Å². The van der Waals surface area contributed by atoms with Gasteiger partial charge in [0, 0.05) is 52.4 Å². The van der Waals surface area contributed by atoms with Gasteiger partial charge in [0.15, 0.2) is 0 Å². The summed E-state index contributed by atoms with van der Waals surface area (Å²) in [6.07, 6.45) is 0. The van der Waals surface area contributed by atoms with Crippen molar-refractivity contribution in [3.63, 3.8) is 0 Å². The third-order valence-corrected chi connectivity index (χ3v) is 6.93. The Labute approximate surface area is 150 Å².